The van der Waals surface area contributed by atoms with Crippen LogP contribution in [0.25, 0.3) is 0 Å². The van der Waals surface area contributed by atoms with Crippen LogP contribution in [0.1, 0.15) is 36.1 Å². The second-order valence-electron chi connectivity index (χ2n) is 5.05. The lowest BCUT2D eigenvalue weighted by Crippen LogP contribution is -2.24. The number of hydrogen-bond donors (Lipinski definition) is 1. The van der Waals surface area contributed by atoms with E-state index in [9.17, 15) is 4.39 Å². The molecule has 0 amide bonds. The minimum atomic E-state index is -0.230. The Bertz CT molecular complexity index is 630. The van der Waals surface area contributed by atoms with Gasteiger partial charge in [-0.05, 0) is 60.8 Å². The molecule has 0 aromatic heterocycles. The topological polar surface area (TPSA) is 12.0 Å². The Hall–Kier alpha value is -0.900. The molecule has 0 radical (unpaired) electrons. The molecular weight excluding hydrogens is 353 g/mol. The van der Waals surface area contributed by atoms with Crippen LogP contribution >= 0.6 is 27.5 Å². The first kappa shape index (κ1) is 16.5. The van der Waals surface area contributed by atoms with Crippen LogP contribution in [0.2, 0.25) is 5.02 Å². The quantitative estimate of drug-likeness (QED) is 0.718. The van der Waals surface area contributed by atoms with Crippen LogP contribution in [-0.2, 0) is 0 Å². The summed E-state index contributed by atoms with van der Waals surface area (Å²) in [5, 5.41) is 4.13. The number of hydrogen-bond acceptors (Lipinski definition) is 1. The lowest BCUT2D eigenvalue weighted by Gasteiger charge is -2.23. The van der Waals surface area contributed by atoms with Gasteiger partial charge in [0.15, 0.2) is 0 Å². The third-order valence-electron chi connectivity index (χ3n) is 3.42. The number of benzene rings is 2. The minimum absolute atomic E-state index is 0.110. The molecule has 112 valence electrons. The van der Waals surface area contributed by atoms with E-state index in [0.717, 1.165) is 34.1 Å². The van der Waals surface area contributed by atoms with Gasteiger partial charge in [0.1, 0.15) is 5.82 Å². The first-order chi connectivity index (χ1) is 10.0. The molecule has 1 unspecified atom stereocenters. The van der Waals surface area contributed by atoms with Gasteiger partial charge in [-0.25, -0.2) is 4.39 Å². The van der Waals surface area contributed by atoms with E-state index in [2.05, 4.69) is 28.2 Å². The van der Waals surface area contributed by atoms with E-state index in [1.54, 1.807) is 12.1 Å². The van der Waals surface area contributed by atoms with Gasteiger partial charge in [-0.3, -0.25) is 0 Å². The van der Waals surface area contributed by atoms with Gasteiger partial charge in [-0.2, -0.15) is 0 Å². The summed E-state index contributed by atoms with van der Waals surface area (Å²) in [5.74, 6) is -0.230. The maximum absolute atomic E-state index is 13.6. The zero-order chi connectivity index (χ0) is 15.4. The SMILES string of the molecule is CCCNC(c1cc(F)ccc1C)c1ccc(Br)cc1Cl. The van der Waals surface area contributed by atoms with E-state index in [1.807, 2.05) is 25.1 Å². The van der Waals surface area contributed by atoms with E-state index in [1.165, 1.54) is 6.07 Å². The van der Waals surface area contributed by atoms with Crippen molar-refractivity contribution >= 4 is 27.5 Å². The van der Waals surface area contributed by atoms with Crippen molar-refractivity contribution in [2.24, 2.45) is 0 Å². The predicted molar refractivity (Wildman–Crippen MR) is 90.4 cm³/mol. The van der Waals surface area contributed by atoms with Crippen molar-refractivity contribution in [1.29, 1.82) is 0 Å². The van der Waals surface area contributed by atoms with E-state index in [4.69, 9.17) is 11.6 Å². The molecule has 0 aliphatic carbocycles. The van der Waals surface area contributed by atoms with Gasteiger partial charge in [0, 0.05) is 9.50 Å². The zero-order valence-corrected chi connectivity index (χ0v) is 14.4. The fraction of sp³-hybridized carbons (Fsp3) is 0.294. The molecule has 0 spiro atoms. The molecule has 2 rings (SSSR count). The van der Waals surface area contributed by atoms with Gasteiger partial charge >= 0.3 is 0 Å². The van der Waals surface area contributed by atoms with E-state index in [0.29, 0.717) is 5.02 Å². The third kappa shape index (κ3) is 4.06. The van der Waals surface area contributed by atoms with E-state index >= 15 is 0 Å². The molecule has 1 N–H and O–H groups in total. The van der Waals surface area contributed by atoms with Crippen LogP contribution in [-0.4, -0.2) is 6.54 Å². The smallest absolute Gasteiger partial charge is 0.123 e. The first-order valence-corrected chi connectivity index (χ1v) is 8.14. The van der Waals surface area contributed by atoms with Crippen molar-refractivity contribution in [3.05, 3.63) is 68.4 Å². The van der Waals surface area contributed by atoms with Crippen LogP contribution in [0.3, 0.4) is 0 Å². The Morgan fingerprint density at radius 1 is 1.19 bits per heavy atom. The van der Waals surface area contributed by atoms with Crippen molar-refractivity contribution in [3.8, 4) is 0 Å². The molecule has 0 saturated heterocycles. The summed E-state index contributed by atoms with van der Waals surface area (Å²) >= 11 is 9.80. The van der Waals surface area contributed by atoms with Crippen LogP contribution in [0.15, 0.2) is 40.9 Å². The van der Waals surface area contributed by atoms with Crippen molar-refractivity contribution in [1.82, 2.24) is 5.32 Å². The molecular formula is C17H18BrClFN. The number of rotatable bonds is 5. The van der Waals surface area contributed by atoms with Gasteiger partial charge in [-0.15, -0.1) is 0 Å². The van der Waals surface area contributed by atoms with Crippen molar-refractivity contribution < 1.29 is 4.39 Å². The van der Waals surface area contributed by atoms with Gasteiger partial charge in [0.2, 0.25) is 0 Å². The molecule has 2 aromatic carbocycles. The third-order valence-corrected chi connectivity index (χ3v) is 4.24. The Labute approximate surface area is 138 Å². The normalized spacial score (nSPS) is 12.4. The summed E-state index contributed by atoms with van der Waals surface area (Å²) in [4.78, 5) is 0. The van der Waals surface area contributed by atoms with Gasteiger partial charge in [-0.1, -0.05) is 46.6 Å². The predicted octanol–water partition coefficient (Wildman–Crippen LogP) is 5.64. The molecule has 0 heterocycles. The number of aryl methyl sites for hydroxylation is 1. The average molecular weight is 371 g/mol. The Kier molecular flexibility index (Phi) is 5.80. The second-order valence-corrected chi connectivity index (χ2v) is 6.38. The highest BCUT2D eigenvalue weighted by molar-refractivity contribution is 9.10. The molecule has 4 heteroatoms. The van der Waals surface area contributed by atoms with Crippen LogP contribution < -0.4 is 5.32 Å². The highest BCUT2D eigenvalue weighted by atomic mass is 79.9. The van der Waals surface area contributed by atoms with Crippen molar-refractivity contribution in [2.45, 2.75) is 26.3 Å². The average Bonchev–Trinajstić information content (AvgIpc) is 2.44. The summed E-state index contributed by atoms with van der Waals surface area (Å²) in [6.07, 6.45) is 0.999. The molecule has 1 nitrogen and oxygen atoms in total. The van der Waals surface area contributed by atoms with Gasteiger partial charge < -0.3 is 5.32 Å². The minimum Gasteiger partial charge on any atom is -0.306 e. The largest absolute Gasteiger partial charge is 0.306 e. The lowest BCUT2D eigenvalue weighted by molar-refractivity contribution is 0.583. The van der Waals surface area contributed by atoms with E-state index < -0.39 is 0 Å². The van der Waals surface area contributed by atoms with Crippen LogP contribution in [0.4, 0.5) is 4.39 Å². The fourth-order valence-electron chi connectivity index (χ4n) is 2.33. The molecule has 21 heavy (non-hydrogen) atoms. The first-order valence-electron chi connectivity index (χ1n) is 6.97. The van der Waals surface area contributed by atoms with Crippen LogP contribution in [0, 0.1) is 12.7 Å². The second kappa shape index (κ2) is 7.39. The number of halogens is 3. The van der Waals surface area contributed by atoms with Crippen molar-refractivity contribution in [2.75, 3.05) is 6.54 Å². The maximum Gasteiger partial charge on any atom is 0.123 e. The summed E-state index contributed by atoms with van der Waals surface area (Å²) < 4.78 is 14.6. The zero-order valence-electron chi connectivity index (χ0n) is 12.1. The summed E-state index contributed by atoms with van der Waals surface area (Å²) in [6, 6.07) is 10.6. The van der Waals surface area contributed by atoms with Gasteiger partial charge in [0.05, 0.1) is 6.04 Å². The highest BCUT2D eigenvalue weighted by Gasteiger charge is 2.19. The molecule has 2 aromatic rings. The summed E-state index contributed by atoms with van der Waals surface area (Å²) in [7, 11) is 0. The van der Waals surface area contributed by atoms with Crippen LogP contribution in [0.5, 0.6) is 0 Å². The molecule has 0 aliphatic rings. The molecule has 1 atom stereocenters. The van der Waals surface area contributed by atoms with Gasteiger partial charge in [0.25, 0.3) is 0 Å². The summed E-state index contributed by atoms with van der Waals surface area (Å²) in [5.41, 5.74) is 2.93. The molecule has 0 bridgehead atoms. The molecule has 0 saturated carbocycles. The van der Waals surface area contributed by atoms with Crippen molar-refractivity contribution in [3.63, 3.8) is 0 Å². The Balaban J connectivity index is 2.49. The summed E-state index contributed by atoms with van der Waals surface area (Å²) in [6.45, 7) is 4.93. The standard InChI is InChI=1S/C17H18BrClFN/c1-3-8-21-17(14-7-5-12(18)9-16(14)19)15-10-13(20)6-4-11(15)2/h4-7,9-10,17,21H,3,8H2,1-2H3. The molecule has 0 fully saturated rings. The fourth-order valence-corrected chi connectivity index (χ4v) is 3.12. The monoisotopic (exact) mass is 369 g/mol. The Morgan fingerprint density at radius 2 is 1.95 bits per heavy atom. The Morgan fingerprint density at radius 3 is 2.62 bits per heavy atom. The van der Waals surface area contributed by atoms with E-state index in [-0.39, 0.29) is 11.9 Å². The lowest BCUT2D eigenvalue weighted by atomic mass is 9.94. The maximum atomic E-state index is 13.6. The number of nitrogens with one attached hydrogen (secondary N) is 1. The highest BCUT2D eigenvalue weighted by Crippen LogP contribution is 2.32. The molecule has 0 aliphatic heterocycles.